The van der Waals surface area contributed by atoms with E-state index in [9.17, 15) is 9.90 Å². The van der Waals surface area contributed by atoms with Crippen molar-refractivity contribution in [1.29, 1.82) is 0 Å². The van der Waals surface area contributed by atoms with Crippen molar-refractivity contribution in [2.24, 2.45) is 0 Å². The molecule has 0 amide bonds. The fraction of sp³-hybridized carbons (Fsp3) is 0.526. The Labute approximate surface area is 154 Å². The van der Waals surface area contributed by atoms with Crippen LogP contribution in [0.25, 0.3) is 0 Å². The summed E-state index contributed by atoms with van der Waals surface area (Å²) in [7, 11) is 4.13. The summed E-state index contributed by atoms with van der Waals surface area (Å²) in [5, 5.41) is 9.52. The molecule has 0 aliphatic carbocycles. The van der Waals surface area contributed by atoms with E-state index in [1.54, 1.807) is 12.1 Å². The van der Waals surface area contributed by atoms with E-state index in [0.29, 0.717) is 5.82 Å². The highest BCUT2D eigenvalue weighted by atomic mass is 16.4. The van der Waals surface area contributed by atoms with Crippen LogP contribution >= 0.6 is 0 Å². The van der Waals surface area contributed by atoms with E-state index in [1.807, 2.05) is 19.3 Å². The average molecular weight is 357 g/mol. The molecule has 0 aromatic carbocycles. The highest BCUT2D eigenvalue weighted by Crippen LogP contribution is 2.30. The third kappa shape index (κ3) is 4.04. The predicted molar refractivity (Wildman–Crippen MR) is 101 cm³/mol. The third-order valence-electron chi connectivity index (χ3n) is 4.87. The van der Waals surface area contributed by atoms with Crippen LogP contribution in [0.1, 0.15) is 40.6 Å². The molecule has 3 rings (SSSR count). The van der Waals surface area contributed by atoms with Crippen molar-refractivity contribution in [3.05, 3.63) is 41.6 Å². The van der Waals surface area contributed by atoms with Crippen molar-refractivity contribution in [3.63, 3.8) is 0 Å². The van der Waals surface area contributed by atoms with Gasteiger partial charge in [0, 0.05) is 50.2 Å². The Bertz CT molecular complexity index is 771. The monoisotopic (exact) mass is 357 g/mol. The van der Waals surface area contributed by atoms with E-state index in [4.69, 9.17) is 0 Å². The first kappa shape index (κ1) is 18.4. The maximum atomic E-state index is 11.6. The van der Waals surface area contributed by atoms with Crippen LogP contribution in [0.5, 0.6) is 0 Å². The number of rotatable bonds is 6. The summed E-state index contributed by atoms with van der Waals surface area (Å²) < 4.78 is 2.22. The predicted octanol–water partition coefficient (Wildman–Crippen LogP) is 2.23. The number of carbonyl (C=O) groups is 1. The van der Waals surface area contributed by atoms with E-state index in [2.05, 4.69) is 38.4 Å². The molecule has 7 heteroatoms. The zero-order valence-electron chi connectivity index (χ0n) is 15.7. The standard InChI is InChI=1S/C19H27N5O2/c1-14-6-7-16(19(25)26)18(21-14)24-9-4-5-15(13-24)17-20-8-10-23(17)12-11-22(2)3/h6-8,10,15H,4-5,9,11-13H2,1-3H3,(H,25,26). The molecule has 1 aliphatic heterocycles. The number of carboxylic acids is 1. The first-order valence-electron chi connectivity index (χ1n) is 9.07. The summed E-state index contributed by atoms with van der Waals surface area (Å²) in [5.74, 6) is 1.02. The zero-order valence-corrected chi connectivity index (χ0v) is 15.7. The number of anilines is 1. The van der Waals surface area contributed by atoms with Gasteiger partial charge in [0.15, 0.2) is 0 Å². The maximum Gasteiger partial charge on any atom is 0.339 e. The van der Waals surface area contributed by atoms with Crippen LogP contribution in [-0.4, -0.2) is 64.2 Å². The van der Waals surface area contributed by atoms with Crippen LogP contribution in [0.15, 0.2) is 24.5 Å². The van der Waals surface area contributed by atoms with Gasteiger partial charge in [-0.05, 0) is 46.0 Å². The van der Waals surface area contributed by atoms with Gasteiger partial charge < -0.3 is 19.5 Å². The average Bonchev–Trinajstić information content (AvgIpc) is 3.08. The molecule has 2 aromatic rings. The highest BCUT2D eigenvalue weighted by Gasteiger charge is 2.28. The summed E-state index contributed by atoms with van der Waals surface area (Å²) in [6, 6.07) is 3.41. The number of hydrogen-bond acceptors (Lipinski definition) is 5. The lowest BCUT2D eigenvalue weighted by molar-refractivity contribution is 0.0697. The lowest BCUT2D eigenvalue weighted by atomic mass is 9.96. The smallest absolute Gasteiger partial charge is 0.339 e. The van der Waals surface area contributed by atoms with E-state index < -0.39 is 5.97 Å². The molecule has 0 bridgehead atoms. The third-order valence-corrected chi connectivity index (χ3v) is 4.87. The summed E-state index contributed by atoms with van der Waals surface area (Å²) in [5.41, 5.74) is 1.10. The molecule has 1 N–H and O–H groups in total. The normalized spacial score (nSPS) is 17.7. The molecule has 0 radical (unpaired) electrons. The van der Waals surface area contributed by atoms with Crippen LogP contribution < -0.4 is 4.90 Å². The van der Waals surface area contributed by atoms with Gasteiger partial charge in [0.25, 0.3) is 0 Å². The number of carboxylic acid groups (broad SMARTS) is 1. The number of aryl methyl sites for hydroxylation is 1. The second-order valence-electron chi connectivity index (χ2n) is 7.20. The van der Waals surface area contributed by atoms with Crippen molar-refractivity contribution < 1.29 is 9.90 Å². The second-order valence-corrected chi connectivity index (χ2v) is 7.20. The molecule has 7 nitrogen and oxygen atoms in total. The minimum absolute atomic E-state index is 0.271. The highest BCUT2D eigenvalue weighted by molar-refractivity contribution is 5.93. The number of hydrogen-bond donors (Lipinski definition) is 1. The van der Waals surface area contributed by atoms with E-state index >= 15 is 0 Å². The van der Waals surface area contributed by atoms with Gasteiger partial charge in [0.05, 0.1) is 0 Å². The topological polar surface area (TPSA) is 74.5 Å². The van der Waals surface area contributed by atoms with Crippen LogP contribution in [0.2, 0.25) is 0 Å². The molecule has 0 spiro atoms. The molecule has 140 valence electrons. The molecule has 1 saturated heterocycles. The Kier molecular flexibility index (Phi) is 5.56. The first-order chi connectivity index (χ1) is 12.5. The molecule has 1 unspecified atom stereocenters. The van der Waals surface area contributed by atoms with Crippen molar-refractivity contribution in [2.75, 3.05) is 38.6 Å². The van der Waals surface area contributed by atoms with E-state index in [-0.39, 0.29) is 11.5 Å². The molecule has 1 aliphatic rings. The number of pyridine rings is 1. The number of aromatic nitrogens is 3. The van der Waals surface area contributed by atoms with Crippen molar-refractivity contribution >= 4 is 11.8 Å². The van der Waals surface area contributed by atoms with Crippen molar-refractivity contribution in [2.45, 2.75) is 32.2 Å². The Morgan fingerprint density at radius 1 is 1.38 bits per heavy atom. The second kappa shape index (κ2) is 7.86. The van der Waals surface area contributed by atoms with Gasteiger partial charge in [0.2, 0.25) is 0 Å². The number of imidazole rings is 1. The summed E-state index contributed by atoms with van der Waals surface area (Å²) in [4.78, 5) is 25.0. The summed E-state index contributed by atoms with van der Waals surface area (Å²) in [6.45, 7) is 5.33. The molecular formula is C19H27N5O2. The number of nitrogens with zero attached hydrogens (tertiary/aromatic N) is 5. The van der Waals surface area contributed by atoms with Crippen molar-refractivity contribution in [1.82, 2.24) is 19.4 Å². The summed E-state index contributed by atoms with van der Waals surface area (Å²) >= 11 is 0. The van der Waals surface area contributed by atoms with Crippen LogP contribution in [0, 0.1) is 6.92 Å². The number of likely N-dealkylation sites (N-methyl/N-ethyl adjacent to an activating group) is 1. The SMILES string of the molecule is Cc1ccc(C(=O)O)c(N2CCCC(c3nccn3CCN(C)C)C2)n1. The van der Waals surface area contributed by atoms with Crippen LogP contribution in [0.3, 0.4) is 0 Å². The van der Waals surface area contributed by atoms with Gasteiger partial charge in [-0.15, -0.1) is 0 Å². The van der Waals surface area contributed by atoms with Crippen LogP contribution in [-0.2, 0) is 6.54 Å². The molecule has 1 atom stereocenters. The minimum atomic E-state index is -0.929. The lowest BCUT2D eigenvalue weighted by Crippen LogP contribution is -2.37. The van der Waals surface area contributed by atoms with Gasteiger partial charge in [-0.2, -0.15) is 0 Å². The van der Waals surface area contributed by atoms with Gasteiger partial charge in [0.1, 0.15) is 17.2 Å². The van der Waals surface area contributed by atoms with Gasteiger partial charge in [-0.3, -0.25) is 0 Å². The molecule has 2 aromatic heterocycles. The molecular weight excluding hydrogens is 330 g/mol. The summed E-state index contributed by atoms with van der Waals surface area (Å²) in [6.07, 6.45) is 5.95. The Morgan fingerprint density at radius 3 is 2.92 bits per heavy atom. The minimum Gasteiger partial charge on any atom is -0.478 e. The van der Waals surface area contributed by atoms with Gasteiger partial charge in [-0.1, -0.05) is 0 Å². The molecule has 0 saturated carbocycles. The Balaban J connectivity index is 1.82. The maximum absolute atomic E-state index is 11.6. The Hall–Kier alpha value is -2.41. The zero-order chi connectivity index (χ0) is 18.7. The first-order valence-corrected chi connectivity index (χ1v) is 9.07. The fourth-order valence-electron chi connectivity index (χ4n) is 3.51. The fourth-order valence-corrected chi connectivity index (χ4v) is 3.51. The number of piperidine rings is 1. The molecule has 3 heterocycles. The van der Waals surface area contributed by atoms with Crippen molar-refractivity contribution in [3.8, 4) is 0 Å². The van der Waals surface area contributed by atoms with Gasteiger partial charge in [-0.25, -0.2) is 14.8 Å². The largest absolute Gasteiger partial charge is 0.478 e. The molecule has 26 heavy (non-hydrogen) atoms. The van der Waals surface area contributed by atoms with E-state index in [0.717, 1.165) is 50.5 Å². The van der Waals surface area contributed by atoms with Gasteiger partial charge >= 0.3 is 5.97 Å². The van der Waals surface area contributed by atoms with Crippen LogP contribution in [0.4, 0.5) is 5.82 Å². The molecule has 1 fully saturated rings. The number of aromatic carboxylic acids is 1. The lowest BCUT2D eigenvalue weighted by Gasteiger charge is -2.34. The quantitative estimate of drug-likeness (QED) is 0.855. The van der Waals surface area contributed by atoms with E-state index in [1.165, 1.54) is 0 Å². The Morgan fingerprint density at radius 2 is 2.19 bits per heavy atom.